The van der Waals surface area contributed by atoms with Gasteiger partial charge < -0.3 is 10.3 Å². The van der Waals surface area contributed by atoms with Crippen LogP contribution in [0.15, 0.2) is 48.5 Å². The smallest absolute Gasteiger partial charge is 0.223 e. The van der Waals surface area contributed by atoms with Crippen LogP contribution in [-0.4, -0.2) is 15.9 Å². The molecule has 1 amide bonds. The molecule has 5 heteroatoms. The van der Waals surface area contributed by atoms with E-state index in [4.69, 9.17) is 0 Å². The first-order valence-electron chi connectivity index (χ1n) is 9.63. The third-order valence-electron chi connectivity index (χ3n) is 5.52. The van der Waals surface area contributed by atoms with E-state index < -0.39 is 0 Å². The number of carbonyl (C=O) groups excluding carboxylic acids is 1. The number of carbonyl (C=O) groups is 1. The van der Waals surface area contributed by atoms with Crippen LogP contribution in [-0.2, 0) is 17.8 Å². The van der Waals surface area contributed by atoms with Crippen LogP contribution >= 0.6 is 0 Å². The monoisotopic (exact) mass is 365 g/mol. The second-order valence-electron chi connectivity index (χ2n) is 7.47. The first-order valence-corrected chi connectivity index (χ1v) is 9.63. The molecule has 1 aliphatic carbocycles. The highest BCUT2D eigenvalue weighted by Crippen LogP contribution is 2.31. The van der Waals surface area contributed by atoms with E-state index in [-0.39, 0.29) is 17.6 Å². The number of benzene rings is 2. The summed E-state index contributed by atoms with van der Waals surface area (Å²) < 4.78 is 12.9. The number of amides is 1. The molecule has 1 fully saturated rings. The number of aromatic amines is 1. The average Bonchev–Trinajstić information content (AvgIpc) is 3.10. The molecule has 0 saturated heterocycles. The van der Waals surface area contributed by atoms with Crippen molar-refractivity contribution in [2.24, 2.45) is 11.8 Å². The predicted octanol–water partition coefficient (Wildman–Crippen LogP) is 4.37. The second-order valence-corrected chi connectivity index (χ2v) is 7.47. The molecule has 1 heterocycles. The quantitative estimate of drug-likeness (QED) is 0.705. The predicted molar refractivity (Wildman–Crippen MR) is 103 cm³/mol. The number of aromatic nitrogens is 2. The highest BCUT2D eigenvalue weighted by atomic mass is 19.1. The number of rotatable bonds is 5. The van der Waals surface area contributed by atoms with E-state index in [9.17, 15) is 9.18 Å². The molecule has 2 aromatic carbocycles. The van der Waals surface area contributed by atoms with Crippen LogP contribution in [0.1, 0.15) is 37.1 Å². The fraction of sp³-hybridized carbons (Fsp3) is 0.364. The van der Waals surface area contributed by atoms with Crippen molar-refractivity contribution < 1.29 is 9.18 Å². The van der Waals surface area contributed by atoms with Gasteiger partial charge in [0, 0.05) is 18.9 Å². The van der Waals surface area contributed by atoms with Crippen molar-refractivity contribution in [3.8, 4) is 0 Å². The number of para-hydroxylation sites is 2. The fourth-order valence-corrected chi connectivity index (χ4v) is 3.94. The van der Waals surface area contributed by atoms with Crippen LogP contribution < -0.4 is 5.32 Å². The Morgan fingerprint density at radius 1 is 1.07 bits per heavy atom. The summed E-state index contributed by atoms with van der Waals surface area (Å²) in [5.74, 6) is 1.55. The van der Waals surface area contributed by atoms with E-state index in [1.165, 1.54) is 12.1 Å². The molecule has 1 aliphatic rings. The van der Waals surface area contributed by atoms with Gasteiger partial charge in [0.15, 0.2) is 0 Å². The van der Waals surface area contributed by atoms with Gasteiger partial charge in [-0.05, 0) is 61.4 Å². The lowest BCUT2D eigenvalue weighted by Gasteiger charge is -2.27. The third-order valence-corrected chi connectivity index (χ3v) is 5.52. The van der Waals surface area contributed by atoms with Crippen molar-refractivity contribution in [3.05, 3.63) is 65.7 Å². The number of H-pyrrole nitrogens is 1. The van der Waals surface area contributed by atoms with Crippen LogP contribution in [0.25, 0.3) is 11.0 Å². The molecule has 0 spiro atoms. The number of hydrogen-bond donors (Lipinski definition) is 2. The lowest BCUT2D eigenvalue weighted by Crippen LogP contribution is -2.33. The van der Waals surface area contributed by atoms with Crippen molar-refractivity contribution in [1.29, 1.82) is 0 Å². The molecular weight excluding hydrogens is 341 g/mol. The number of hydrogen-bond acceptors (Lipinski definition) is 2. The number of nitrogens with zero attached hydrogens (tertiary/aromatic N) is 1. The van der Waals surface area contributed by atoms with E-state index in [1.807, 2.05) is 24.3 Å². The molecule has 1 aromatic heterocycles. The van der Waals surface area contributed by atoms with Gasteiger partial charge in [0.05, 0.1) is 11.0 Å². The van der Waals surface area contributed by atoms with E-state index in [0.29, 0.717) is 12.5 Å². The lowest BCUT2D eigenvalue weighted by atomic mass is 9.80. The summed E-state index contributed by atoms with van der Waals surface area (Å²) in [5.41, 5.74) is 3.02. The minimum absolute atomic E-state index is 0.0809. The molecule has 1 saturated carbocycles. The van der Waals surface area contributed by atoms with E-state index in [2.05, 4.69) is 15.3 Å². The first kappa shape index (κ1) is 17.7. The Bertz CT molecular complexity index is 878. The molecule has 140 valence electrons. The van der Waals surface area contributed by atoms with Crippen molar-refractivity contribution >= 4 is 16.9 Å². The van der Waals surface area contributed by atoms with Gasteiger partial charge >= 0.3 is 0 Å². The van der Waals surface area contributed by atoms with Gasteiger partial charge in [0.2, 0.25) is 5.91 Å². The van der Waals surface area contributed by atoms with E-state index in [0.717, 1.165) is 54.5 Å². The molecular formula is C22H24FN3O. The van der Waals surface area contributed by atoms with Crippen LogP contribution in [0.4, 0.5) is 4.39 Å². The van der Waals surface area contributed by atoms with Crippen molar-refractivity contribution in [3.63, 3.8) is 0 Å². The van der Waals surface area contributed by atoms with Gasteiger partial charge in [-0.2, -0.15) is 0 Å². The number of imidazole rings is 1. The average molecular weight is 365 g/mol. The van der Waals surface area contributed by atoms with Crippen LogP contribution in [0.3, 0.4) is 0 Å². The molecule has 4 rings (SSSR count). The summed E-state index contributed by atoms with van der Waals surface area (Å²) in [4.78, 5) is 20.5. The molecule has 0 unspecified atom stereocenters. The first-order chi connectivity index (χ1) is 13.2. The molecule has 27 heavy (non-hydrogen) atoms. The maximum absolute atomic E-state index is 12.9. The molecule has 0 bridgehead atoms. The highest BCUT2D eigenvalue weighted by molar-refractivity contribution is 5.78. The summed E-state index contributed by atoms with van der Waals surface area (Å²) in [6.07, 6.45) is 4.87. The summed E-state index contributed by atoms with van der Waals surface area (Å²) in [7, 11) is 0. The largest absolute Gasteiger partial charge is 0.352 e. The molecule has 0 atom stereocenters. The van der Waals surface area contributed by atoms with E-state index in [1.54, 1.807) is 12.1 Å². The summed E-state index contributed by atoms with van der Waals surface area (Å²) >= 11 is 0. The van der Waals surface area contributed by atoms with Crippen molar-refractivity contribution in [2.75, 3.05) is 0 Å². The topological polar surface area (TPSA) is 57.8 Å². The SMILES string of the molecule is O=C(NCc1ccc(F)cc1)[C@H]1CC[C@H](Cc2nc3ccccc3[nH]2)CC1. The van der Waals surface area contributed by atoms with Crippen LogP contribution in [0, 0.1) is 17.7 Å². The van der Waals surface area contributed by atoms with Crippen LogP contribution in [0.5, 0.6) is 0 Å². The third kappa shape index (κ3) is 4.35. The zero-order chi connectivity index (χ0) is 18.6. The Balaban J connectivity index is 1.25. The minimum atomic E-state index is -0.257. The Hall–Kier alpha value is -2.69. The van der Waals surface area contributed by atoms with Gasteiger partial charge in [0.25, 0.3) is 0 Å². The Morgan fingerprint density at radius 3 is 2.56 bits per heavy atom. The Morgan fingerprint density at radius 2 is 1.81 bits per heavy atom. The number of nitrogens with one attached hydrogen (secondary N) is 2. The van der Waals surface area contributed by atoms with Gasteiger partial charge in [-0.25, -0.2) is 9.37 Å². The number of fused-ring (bicyclic) bond motifs is 1. The summed E-state index contributed by atoms with van der Waals surface area (Å²) in [5, 5.41) is 2.99. The number of halogens is 1. The molecule has 0 radical (unpaired) electrons. The van der Waals surface area contributed by atoms with Gasteiger partial charge in [0.1, 0.15) is 11.6 Å². The zero-order valence-electron chi connectivity index (χ0n) is 15.2. The lowest BCUT2D eigenvalue weighted by molar-refractivity contribution is -0.126. The standard InChI is InChI=1S/C22H24FN3O/c23-18-11-7-16(8-12-18)14-24-22(27)17-9-5-15(6-10-17)13-21-25-19-3-1-2-4-20(19)26-21/h1-4,7-8,11-12,15,17H,5-6,9-10,13-14H2,(H,24,27)(H,25,26)/t15-,17-. The van der Waals surface area contributed by atoms with E-state index >= 15 is 0 Å². The van der Waals surface area contributed by atoms with Crippen molar-refractivity contribution in [1.82, 2.24) is 15.3 Å². The maximum Gasteiger partial charge on any atom is 0.223 e. The Labute approximate surface area is 158 Å². The second kappa shape index (κ2) is 7.91. The fourth-order valence-electron chi connectivity index (χ4n) is 3.94. The summed E-state index contributed by atoms with van der Waals surface area (Å²) in [6.45, 7) is 0.456. The zero-order valence-corrected chi connectivity index (χ0v) is 15.2. The molecule has 4 nitrogen and oxygen atoms in total. The summed E-state index contributed by atoms with van der Waals surface area (Å²) in [6, 6.07) is 14.4. The minimum Gasteiger partial charge on any atom is -0.352 e. The van der Waals surface area contributed by atoms with Gasteiger partial charge in [-0.3, -0.25) is 4.79 Å². The van der Waals surface area contributed by atoms with Gasteiger partial charge in [-0.1, -0.05) is 24.3 Å². The Kier molecular flexibility index (Phi) is 5.19. The molecule has 2 N–H and O–H groups in total. The van der Waals surface area contributed by atoms with Crippen LogP contribution in [0.2, 0.25) is 0 Å². The maximum atomic E-state index is 12.9. The normalized spacial score (nSPS) is 19.9. The highest BCUT2D eigenvalue weighted by Gasteiger charge is 2.26. The van der Waals surface area contributed by atoms with Gasteiger partial charge in [-0.15, -0.1) is 0 Å². The molecule has 0 aliphatic heterocycles. The molecule has 3 aromatic rings. The van der Waals surface area contributed by atoms with Crippen molar-refractivity contribution in [2.45, 2.75) is 38.6 Å².